The molecule has 1 aliphatic heterocycles. The minimum Gasteiger partial charge on any atom is -0.444 e. The van der Waals surface area contributed by atoms with Gasteiger partial charge in [0.25, 0.3) is 0 Å². The van der Waals surface area contributed by atoms with Crippen molar-refractivity contribution in [1.29, 1.82) is 0 Å². The first-order valence-corrected chi connectivity index (χ1v) is 9.42. The van der Waals surface area contributed by atoms with Gasteiger partial charge in [-0.05, 0) is 27.7 Å². The second-order valence-electron chi connectivity index (χ2n) is 6.93. The van der Waals surface area contributed by atoms with Gasteiger partial charge in [-0.1, -0.05) is 0 Å². The van der Waals surface area contributed by atoms with Gasteiger partial charge in [-0.3, -0.25) is 0 Å². The molecule has 0 aromatic rings. The Kier molecular flexibility index (Phi) is 6.23. The van der Waals surface area contributed by atoms with Crippen LogP contribution in [0.2, 0.25) is 0 Å². The Balaban J connectivity index is 2.63. The lowest BCUT2D eigenvalue weighted by molar-refractivity contribution is 0.0252. The second-order valence-corrected chi connectivity index (χ2v) is 9.11. The number of nitrogens with zero attached hydrogens (tertiary/aromatic N) is 1. The molecule has 8 heteroatoms. The van der Waals surface area contributed by atoms with Crippen LogP contribution in [-0.4, -0.2) is 75.4 Å². The van der Waals surface area contributed by atoms with E-state index in [9.17, 15) is 13.2 Å². The van der Waals surface area contributed by atoms with Crippen LogP contribution in [0.4, 0.5) is 4.79 Å². The van der Waals surface area contributed by atoms with Crippen LogP contribution in [0.15, 0.2) is 0 Å². The van der Waals surface area contributed by atoms with Gasteiger partial charge < -0.3 is 19.7 Å². The fourth-order valence-electron chi connectivity index (χ4n) is 2.52. The van der Waals surface area contributed by atoms with Crippen molar-refractivity contribution >= 4 is 15.9 Å². The van der Waals surface area contributed by atoms with Gasteiger partial charge in [-0.25, -0.2) is 13.2 Å². The van der Waals surface area contributed by atoms with Gasteiger partial charge in [0.2, 0.25) is 0 Å². The molecule has 0 saturated carbocycles. The van der Waals surface area contributed by atoms with Gasteiger partial charge in [-0.15, -0.1) is 0 Å². The summed E-state index contributed by atoms with van der Waals surface area (Å²) in [6, 6.07) is -0.328. The summed E-state index contributed by atoms with van der Waals surface area (Å²) >= 11 is 0. The van der Waals surface area contributed by atoms with Gasteiger partial charge >= 0.3 is 6.09 Å². The number of nitrogens with one attached hydrogen (secondary N) is 1. The number of ether oxygens (including phenoxy) is 2. The number of hydrogen-bond donors (Lipinski definition) is 1. The number of rotatable bonds is 5. The van der Waals surface area contributed by atoms with Gasteiger partial charge in [0.1, 0.15) is 15.4 Å². The molecule has 0 aromatic heterocycles. The van der Waals surface area contributed by atoms with Crippen LogP contribution < -0.4 is 5.32 Å². The summed E-state index contributed by atoms with van der Waals surface area (Å²) in [5, 5.41) is 3.23. The van der Waals surface area contributed by atoms with Crippen molar-refractivity contribution in [2.75, 3.05) is 32.2 Å². The zero-order chi connectivity index (χ0) is 17.1. The Hall–Kier alpha value is -0.860. The Bertz CT molecular complexity index is 486. The van der Waals surface area contributed by atoms with Crippen molar-refractivity contribution in [1.82, 2.24) is 10.2 Å². The monoisotopic (exact) mass is 336 g/mol. The van der Waals surface area contributed by atoms with Crippen LogP contribution in [0, 0.1) is 0 Å². The van der Waals surface area contributed by atoms with Crippen LogP contribution in [0.1, 0.15) is 27.7 Å². The summed E-state index contributed by atoms with van der Waals surface area (Å²) in [7, 11) is -1.47. The van der Waals surface area contributed by atoms with Crippen molar-refractivity contribution in [2.45, 2.75) is 51.5 Å². The molecule has 1 fully saturated rings. The first-order chi connectivity index (χ1) is 9.91. The summed E-state index contributed by atoms with van der Waals surface area (Å²) in [4.78, 5) is 13.7. The van der Waals surface area contributed by atoms with Crippen LogP contribution in [0.25, 0.3) is 0 Å². The fraction of sp³-hybridized carbons (Fsp3) is 0.929. The highest BCUT2D eigenvalue weighted by Crippen LogP contribution is 2.18. The molecule has 1 amide bonds. The molecule has 1 rings (SSSR count). The molecule has 1 aliphatic rings. The van der Waals surface area contributed by atoms with Gasteiger partial charge in [0.15, 0.2) is 0 Å². The number of hydrogen-bond acceptors (Lipinski definition) is 6. The largest absolute Gasteiger partial charge is 0.444 e. The van der Waals surface area contributed by atoms with Crippen molar-refractivity contribution in [3.8, 4) is 0 Å². The minimum absolute atomic E-state index is 0.0480. The standard InChI is InChI=1S/C14H28N2O5S/c1-10(9-22(6,18)19)15-11-7-16(8-12(11)20-5)13(17)21-14(2,3)4/h10-12,15H,7-9H2,1-6H3/t10?,11?,12-/m0/s1. The average molecular weight is 336 g/mol. The number of carbonyl (C=O) groups is 1. The lowest BCUT2D eigenvalue weighted by Gasteiger charge is -2.24. The first kappa shape index (κ1) is 19.2. The number of amides is 1. The maximum atomic E-state index is 12.1. The SMILES string of the molecule is CO[C@H]1CN(C(=O)OC(C)(C)C)CC1NC(C)CS(C)(=O)=O. The summed E-state index contributed by atoms with van der Waals surface area (Å²) < 4.78 is 33.4. The van der Waals surface area contributed by atoms with Crippen LogP contribution in [0.5, 0.6) is 0 Å². The molecule has 1 heterocycles. The fourth-order valence-corrected chi connectivity index (χ4v) is 3.52. The van der Waals surface area contributed by atoms with Crippen LogP contribution in [-0.2, 0) is 19.3 Å². The topological polar surface area (TPSA) is 84.9 Å². The molecule has 1 saturated heterocycles. The lowest BCUT2D eigenvalue weighted by Crippen LogP contribution is -2.47. The molecule has 0 spiro atoms. The number of likely N-dealkylation sites (tertiary alicyclic amines) is 1. The zero-order valence-corrected chi connectivity index (χ0v) is 15.1. The second kappa shape index (κ2) is 7.14. The molecular formula is C14H28N2O5S. The van der Waals surface area contributed by atoms with Crippen molar-refractivity contribution in [2.24, 2.45) is 0 Å². The summed E-state index contributed by atoms with van der Waals surface area (Å²) in [6.07, 6.45) is 0.643. The van der Waals surface area contributed by atoms with E-state index >= 15 is 0 Å². The lowest BCUT2D eigenvalue weighted by atomic mass is 10.2. The molecule has 3 atom stereocenters. The predicted octanol–water partition coefficient (Wildman–Crippen LogP) is 0.643. The molecule has 0 aromatic carbocycles. The van der Waals surface area contributed by atoms with Crippen molar-refractivity contribution in [3.63, 3.8) is 0 Å². The minimum atomic E-state index is -3.05. The molecule has 0 radical (unpaired) electrons. The highest BCUT2D eigenvalue weighted by molar-refractivity contribution is 7.90. The Morgan fingerprint density at radius 2 is 1.95 bits per heavy atom. The molecule has 0 aliphatic carbocycles. The smallest absolute Gasteiger partial charge is 0.410 e. The third kappa shape index (κ3) is 6.50. The summed E-state index contributed by atoms with van der Waals surface area (Å²) in [5.41, 5.74) is -0.547. The highest BCUT2D eigenvalue weighted by Gasteiger charge is 2.38. The van der Waals surface area contributed by atoms with E-state index in [1.807, 2.05) is 27.7 Å². The van der Waals surface area contributed by atoms with E-state index in [2.05, 4.69) is 5.32 Å². The molecular weight excluding hydrogens is 308 g/mol. The third-order valence-electron chi connectivity index (χ3n) is 3.27. The third-order valence-corrected chi connectivity index (χ3v) is 4.38. The summed E-state index contributed by atoms with van der Waals surface area (Å²) in [5.74, 6) is 0.0480. The molecule has 7 nitrogen and oxygen atoms in total. The molecule has 1 N–H and O–H groups in total. The van der Waals surface area contributed by atoms with Gasteiger partial charge in [0, 0.05) is 26.0 Å². The van der Waals surface area contributed by atoms with Crippen molar-refractivity contribution < 1.29 is 22.7 Å². The Morgan fingerprint density at radius 1 is 1.36 bits per heavy atom. The summed E-state index contributed by atoms with van der Waals surface area (Å²) in [6.45, 7) is 8.12. The molecule has 22 heavy (non-hydrogen) atoms. The van der Waals surface area contributed by atoms with Crippen LogP contribution in [0.3, 0.4) is 0 Å². The average Bonchev–Trinajstić information content (AvgIpc) is 2.67. The van der Waals surface area contributed by atoms with E-state index in [1.54, 1.807) is 12.0 Å². The maximum Gasteiger partial charge on any atom is 0.410 e. The number of methoxy groups -OCH3 is 1. The van der Waals surface area contributed by atoms with E-state index in [0.29, 0.717) is 13.1 Å². The number of carbonyl (C=O) groups excluding carboxylic acids is 1. The van der Waals surface area contributed by atoms with E-state index in [1.165, 1.54) is 6.26 Å². The highest BCUT2D eigenvalue weighted by atomic mass is 32.2. The zero-order valence-electron chi connectivity index (χ0n) is 14.3. The maximum absolute atomic E-state index is 12.1. The Morgan fingerprint density at radius 3 is 2.41 bits per heavy atom. The van der Waals surface area contributed by atoms with Crippen LogP contribution >= 0.6 is 0 Å². The van der Waals surface area contributed by atoms with E-state index < -0.39 is 15.4 Å². The van der Waals surface area contributed by atoms with Gasteiger partial charge in [0.05, 0.1) is 24.4 Å². The van der Waals surface area contributed by atoms with E-state index in [-0.39, 0.29) is 30.0 Å². The number of sulfone groups is 1. The molecule has 0 bridgehead atoms. The Labute approximate surface area is 133 Å². The normalized spacial score (nSPS) is 24.4. The first-order valence-electron chi connectivity index (χ1n) is 7.36. The predicted molar refractivity (Wildman–Crippen MR) is 84.7 cm³/mol. The quantitative estimate of drug-likeness (QED) is 0.793. The van der Waals surface area contributed by atoms with E-state index in [4.69, 9.17) is 9.47 Å². The van der Waals surface area contributed by atoms with E-state index in [0.717, 1.165) is 0 Å². The molecule has 130 valence electrons. The van der Waals surface area contributed by atoms with Gasteiger partial charge in [-0.2, -0.15) is 0 Å². The molecule has 2 unspecified atom stereocenters. The van der Waals surface area contributed by atoms with Crippen molar-refractivity contribution in [3.05, 3.63) is 0 Å².